The monoisotopic (exact) mass is 2270 g/mol. The molecule has 0 aromatic rings. The number of aliphatic carboxylic acids is 10. The maximum atomic E-state index is 13.5. The topological polar surface area (TPSA) is 1060 Å². The van der Waals surface area contributed by atoms with Crippen molar-refractivity contribution >= 4 is 146 Å². The first-order valence-corrected chi connectivity index (χ1v) is 53.2. The molecule has 0 radical (unpaired) electrons. The highest BCUT2D eigenvalue weighted by Crippen LogP contribution is 2.41. The first-order valence-electron chi connectivity index (χ1n) is 46.2. The number of nitrogens with one attached hydrogen (secondary N) is 1. The zero-order valence-corrected chi connectivity index (χ0v) is 84.7. The Balaban J connectivity index is 0.000000478. The van der Waals surface area contributed by atoms with Gasteiger partial charge in [0, 0.05) is 160 Å². The average Bonchev–Trinajstić information content (AvgIpc) is 1.63. The van der Waals surface area contributed by atoms with Crippen LogP contribution in [0.15, 0.2) is 0 Å². The molecule has 0 aromatic carbocycles. The zero-order chi connectivity index (χ0) is 115. The van der Waals surface area contributed by atoms with E-state index in [1.165, 1.54) is 0 Å². The number of hydrogen-bond acceptors (Lipinski definition) is 42. The van der Waals surface area contributed by atoms with Crippen molar-refractivity contribution in [2.75, 3.05) is 151 Å². The molecular weight excluding hydrogens is 2130 g/mol. The molecule has 7 heterocycles. The molecule has 0 saturated carbocycles. The molecule has 7 fully saturated rings. The standard InChI is InChI=1S/C16H32BN5O8S.C16H31BN4O9S.C13H24BF3N4O8S.C13H25BF2N4O8S.C13H26BFN4O8S/c18-13(14(23)24)9-22(12-3-6-20-7-4-12)31(29,30)21-8-11(2-1-5-17(27)28)16(19,10-21)15(25)26;18-13(14(22)23)9-21(12-3-6-30-7-4-12)31(28,29)20-8-11(2-1-5-17(26)27)16(19,10-20)15(24)25;15-13(16,17)7-21(5-9(18)10(22)23)30(28,29)20-4-8(2-1-3-14(26)27)12(19,6-20)11(24)25;15-10(16)6-19(5-9(17)11(21)22)29(27,28)20-4-8(2-1-3-14(25)26)13(18,7-20)12(23)24;15-4-5-18(7-10(16)11(20)21)28(26,27)19-6-9(2-1-3-14(24)25)13(17,8-19)12(22)23/h11-13,20,27-28H,1-10,18-19H2,(H,23,24)(H,25,26);11-13,26-27H,1-10,18-19H2,(H,22,23)(H,24,25);8-9,26-27H,1-7,18-19H2,(H,22,23)(H,24,25);8-10,25-26H,1-7,17-18H2,(H,21,22)(H,23,24);9-10,24-25H,1-8,16-17H2,(H,20,21)(H,22,23)/t2*11-,13?,16-;8-,9?,12-;8-,9?,13-;9-,10?,13-/m00000/s1. The van der Waals surface area contributed by atoms with E-state index in [4.69, 9.17) is 128 Å². The summed E-state index contributed by atoms with van der Waals surface area (Å²) in [6.07, 6.45) is -5.42. The van der Waals surface area contributed by atoms with Gasteiger partial charge in [-0.25, -0.2) is 13.2 Å². The number of hydrogen-bond donors (Lipinski definition) is 31. The molecular formula is C71H138B5F6N21O41S5. The van der Waals surface area contributed by atoms with E-state index in [-0.39, 0.29) is 124 Å². The van der Waals surface area contributed by atoms with Gasteiger partial charge in [-0.15, -0.1) is 0 Å². The van der Waals surface area contributed by atoms with Gasteiger partial charge in [-0.3, -0.25) is 47.9 Å². The van der Waals surface area contributed by atoms with E-state index in [0.717, 1.165) is 21.5 Å². The summed E-state index contributed by atoms with van der Waals surface area (Å²) >= 11 is 0. The molecule has 7 aliphatic heterocycles. The molecule has 15 atom stereocenters. The van der Waals surface area contributed by atoms with Crippen LogP contribution in [0.5, 0.6) is 0 Å². The van der Waals surface area contributed by atoms with Crippen molar-refractivity contribution in [2.45, 2.75) is 204 Å². The van der Waals surface area contributed by atoms with Crippen LogP contribution in [-0.4, -0.2) is 515 Å². The number of piperidine rings is 1. The Kier molecular flexibility index (Phi) is 53.7. The quantitative estimate of drug-likeness (QED) is 0.0199. The summed E-state index contributed by atoms with van der Waals surface area (Å²) in [5, 5.41) is 185. The van der Waals surface area contributed by atoms with Gasteiger partial charge in [-0.2, -0.15) is 98.3 Å². The average molecular weight is 2270 g/mol. The number of carboxylic acid groups (broad SMARTS) is 10. The molecule has 860 valence electrons. The summed E-state index contributed by atoms with van der Waals surface area (Å²) in [4.78, 5) is 114. The van der Waals surface area contributed by atoms with Crippen LogP contribution >= 0.6 is 0 Å². The van der Waals surface area contributed by atoms with Crippen LogP contribution in [0, 0.1) is 29.6 Å². The van der Waals surface area contributed by atoms with E-state index in [0.29, 0.717) is 64.9 Å². The molecule has 0 amide bonds. The smallest absolute Gasteiger partial charge is 0.451 e. The highest BCUT2D eigenvalue weighted by molar-refractivity contribution is 7.88. The lowest BCUT2D eigenvalue weighted by atomic mass is 9.78. The second-order valence-corrected chi connectivity index (χ2v) is 46.7. The molecule has 62 nitrogen and oxygen atoms in total. The van der Waals surface area contributed by atoms with Crippen molar-refractivity contribution in [3.8, 4) is 0 Å². The Bertz CT molecular complexity index is 4880. The van der Waals surface area contributed by atoms with Gasteiger partial charge in [-0.05, 0) is 102 Å². The first kappa shape index (κ1) is 136. The molecule has 78 heteroatoms. The molecule has 149 heavy (non-hydrogen) atoms. The van der Waals surface area contributed by atoms with Gasteiger partial charge in [0.1, 0.15) is 71.1 Å². The fraction of sp³-hybridized carbons (Fsp3) is 0.859. The molecule has 5 unspecified atom stereocenters. The van der Waals surface area contributed by atoms with Crippen LogP contribution in [0.1, 0.15) is 89.9 Å². The highest BCUT2D eigenvalue weighted by Gasteiger charge is 2.60. The summed E-state index contributed by atoms with van der Waals surface area (Å²) in [6.45, 7) is -11.9. The van der Waals surface area contributed by atoms with E-state index >= 15 is 0 Å². The third kappa shape index (κ3) is 39.1. The number of nitrogens with zero attached hydrogens (tertiary/aromatic N) is 10. The van der Waals surface area contributed by atoms with Crippen molar-refractivity contribution in [1.82, 2.24) is 48.4 Å². The lowest BCUT2D eigenvalue weighted by molar-refractivity contribution is -0.145. The minimum atomic E-state index is -5.02. The molecule has 7 aliphatic rings. The number of carboxylic acids is 10. The largest absolute Gasteiger partial charge is 0.480 e. The Morgan fingerprint density at radius 2 is 0.577 bits per heavy atom. The second-order valence-electron chi connectivity index (χ2n) is 37.1. The number of alkyl halides is 6. The third-order valence-electron chi connectivity index (χ3n) is 26.1. The lowest BCUT2D eigenvalue weighted by Crippen LogP contribution is -2.58. The van der Waals surface area contributed by atoms with Crippen LogP contribution in [0.4, 0.5) is 26.3 Å². The maximum Gasteiger partial charge on any atom is 0.451 e. The molecule has 7 rings (SSSR count). The number of rotatable bonds is 57. The minimum absolute atomic E-state index is 0.000608. The first-order chi connectivity index (χ1) is 68.4. The SMILES string of the molecule is NC(CN(C1CCNCC1)S(=O)(=O)N1C[C@H](CCCB(O)O)[C@](N)(C(=O)O)C1)C(=O)O.NC(CN(C1CCOCC1)S(=O)(=O)N1C[C@H](CCCB(O)O)[C@](N)(C(=O)O)C1)C(=O)O.NC(CN(CC(F)(F)F)S(=O)(=O)N1C[C@H](CCCB(O)O)[C@](N)(C(=O)O)C1)C(=O)O.NC(CN(CC(F)F)S(=O)(=O)N1C[C@H](CCCB(O)O)[C@](N)(C(=O)O)C1)C(=O)O.NC(CN(CCF)S(=O)(=O)N1C[C@H](CCCB(O)O)[C@](N)(C(=O)O)C1)C(=O)O. The van der Waals surface area contributed by atoms with E-state index in [2.05, 4.69) is 5.32 Å². The normalized spacial score (nSPS) is 25.3. The predicted molar refractivity (Wildman–Crippen MR) is 508 cm³/mol. The van der Waals surface area contributed by atoms with E-state index < -0.39 is 363 Å². The van der Waals surface area contributed by atoms with Crippen LogP contribution < -0.4 is 62.7 Å². The Morgan fingerprint density at radius 1 is 0.356 bits per heavy atom. The van der Waals surface area contributed by atoms with Crippen molar-refractivity contribution < 1.29 is 222 Å². The highest BCUT2D eigenvalue weighted by atomic mass is 32.2. The number of nitrogens with two attached hydrogens (primary N) is 10. The Hall–Kier alpha value is -6.93. The predicted octanol–water partition coefficient (Wildman–Crippen LogP) is -14.7. The van der Waals surface area contributed by atoms with Gasteiger partial charge in [0.05, 0.1) is 6.54 Å². The van der Waals surface area contributed by atoms with E-state index in [1.807, 2.05) is 0 Å². The van der Waals surface area contributed by atoms with Crippen molar-refractivity contribution in [3.63, 3.8) is 0 Å². The molecule has 41 N–H and O–H groups in total. The van der Waals surface area contributed by atoms with Crippen LogP contribution in [-0.2, 0) is 104 Å². The maximum absolute atomic E-state index is 13.5. The fourth-order valence-corrected chi connectivity index (χ4v) is 26.6. The zero-order valence-electron chi connectivity index (χ0n) is 80.7. The van der Waals surface area contributed by atoms with E-state index in [9.17, 15) is 152 Å². The van der Waals surface area contributed by atoms with Crippen molar-refractivity contribution in [2.24, 2.45) is 86.9 Å². The summed E-state index contributed by atoms with van der Waals surface area (Å²) in [5.41, 5.74) is 47.1. The van der Waals surface area contributed by atoms with Crippen LogP contribution in [0.25, 0.3) is 0 Å². The molecule has 0 aromatic heterocycles. The van der Waals surface area contributed by atoms with Gasteiger partial charge >= 0.3 is 101 Å². The number of halogens is 6. The number of carbonyl (C=O) groups is 10. The van der Waals surface area contributed by atoms with Gasteiger partial charge in [-0.1, -0.05) is 32.1 Å². The fourth-order valence-electron chi connectivity index (χ4n) is 17.4. The summed E-state index contributed by atoms with van der Waals surface area (Å²) in [7, 11) is -30.7. The lowest BCUT2D eigenvalue weighted by Gasteiger charge is -2.37. The molecule has 0 bridgehead atoms. The van der Waals surface area contributed by atoms with Crippen LogP contribution in [0.2, 0.25) is 31.6 Å². The van der Waals surface area contributed by atoms with Gasteiger partial charge in [0.25, 0.3) is 57.5 Å². The molecule has 0 aliphatic carbocycles. The molecule has 0 spiro atoms. The summed E-state index contributed by atoms with van der Waals surface area (Å²) in [6, 6.07) is -9.21. The summed E-state index contributed by atoms with van der Waals surface area (Å²) < 4.78 is 220. The Labute approximate surface area is 854 Å². The van der Waals surface area contributed by atoms with Crippen LogP contribution in [0.3, 0.4) is 0 Å². The van der Waals surface area contributed by atoms with E-state index in [1.54, 1.807) is 0 Å². The van der Waals surface area contributed by atoms with Crippen molar-refractivity contribution in [1.29, 1.82) is 0 Å². The van der Waals surface area contributed by atoms with Gasteiger partial charge in [0.2, 0.25) is 0 Å². The van der Waals surface area contributed by atoms with Crippen molar-refractivity contribution in [3.05, 3.63) is 0 Å². The van der Waals surface area contributed by atoms with Gasteiger partial charge in [0.15, 0.2) is 0 Å². The second kappa shape index (κ2) is 58.7. The Morgan fingerprint density at radius 3 is 0.805 bits per heavy atom. The third-order valence-corrected chi connectivity index (χ3v) is 35.7. The molecule has 7 saturated heterocycles. The summed E-state index contributed by atoms with van der Waals surface area (Å²) in [5.74, 6) is -19.0. The minimum Gasteiger partial charge on any atom is -0.480 e. The van der Waals surface area contributed by atoms with Gasteiger partial charge < -0.3 is 169 Å². The number of ether oxygens (including phenoxy) is 1.